The van der Waals surface area contributed by atoms with Crippen LogP contribution in [-0.2, 0) is 10.8 Å². The summed E-state index contributed by atoms with van der Waals surface area (Å²) in [7, 11) is 0. The summed E-state index contributed by atoms with van der Waals surface area (Å²) >= 11 is 0. The summed E-state index contributed by atoms with van der Waals surface area (Å²) in [5.41, 5.74) is 15.6. The van der Waals surface area contributed by atoms with Gasteiger partial charge in [0.25, 0.3) is 0 Å². The smallest absolute Gasteiger partial charge is 0.0801 e. The first-order valence-electron chi connectivity index (χ1n) is 16.0. The topological polar surface area (TPSA) is 17.8 Å². The molecule has 2 aromatic heterocycles. The van der Waals surface area contributed by atoms with Crippen LogP contribution in [0, 0.1) is 0 Å². The summed E-state index contributed by atoms with van der Waals surface area (Å²) < 4.78 is 2.54. The maximum atomic E-state index is 4.94. The largest absolute Gasteiger partial charge is 0.309 e. The summed E-state index contributed by atoms with van der Waals surface area (Å²) in [4.78, 5) is 4.94. The van der Waals surface area contributed by atoms with Crippen LogP contribution in [0.4, 0.5) is 0 Å². The molecule has 0 saturated carbocycles. The molecular formula is C43H32N2. The molecular weight excluding hydrogens is 544 g/mol. The van der Waals surface area contributed by atoms with Gasteiger partial charge in [0.1, 0.15) is 0 Å². The van der Waals surface area contributed by atoms with Gasteiger partial charge in [-0.25, -0.2) is 0 Å². The molecule has 8 aromatic rings. The van der Waals surface area contributed by atoms with E-state index in [2.05, 4.69) is 141 Å². The second-order valence-corrected chi connectivity index (χ2v) is 14.0. The summed E-state index contributed by atoms with van der Waals surface area (Å²) in [6, 6.07) is 43.2. The van der Waals surface area contributed by atoms with Crippen molar-refractivity contribution in [1.29, 1.82) is 0 Å². The number of hydrogen-bond donors (Lipinski definition) is 0. The van der Waals surface area contributed by atoms with Crippen molar-refractivity contribution in [3.05, 3.63) is 144 Å². The fourth-order valence-electron chi connectivity index (χ4n) is 8.74. The second-order valence-electron chi connectivity index (χ2n) is 14.0. The molecule has 45 heavy (non-hydrogen) atoms. The molecule has 10 rings (SSSR count). The Kier molecular flexibility index (Phi) is 4.63. The highest BCUT2D eigenvalue weighted by molar-refractivity contribution is 6.16. The highest BCUT2D eigenvalue weighted by Crippen LogP contribution is 2.54. The zero-order valence-corrected chi connectivity index (χ0v) is 25.9. The van der Waals surface area contributed by atoms with Crippen molar-refractivity contribution in [2.75, 3.05) is 0 Å². The van der Waals surface area contributed by atoms with E-state index in [0.29, 0.717) is 0 Å². The highest BCUT2D eigenvalue weighted by atomic mass is 15.0. The van der Waals surface area contributed by atoms with E-state index in [9.17, 15) is 0 Å². The van der Waals surface area contributed by atoms with E-state index < -0.39 is 0 Å². The van der Waals surface area contributed by atoms with E-state index in [-0.39, 0.29) is 10.8 Å². The first kappa shape index (κ1) is 25.2. The van der Waals surface area contributed by atoms with Gasteiger partial charge in [0, 0.05) is 38.6 Å². The minimum atomic E-state index is -0.0862. The van der Waals surface area contributed by atoms with Crippen molar-refractivity contribution >= 4 is 43.5 Å². The van der Waals surface area contributed by atoms with E-state index in [1.165, 1.54) is 82.8 Å². The molecule has 0 N–H and O–H groups in total. The molecule has 2 nitrogen and oxygen atoms in total. The van der Waals surface area contributed by atoms with E-state index in [4.69, 9.17) is 4.98 Å². The van der Waals surface area contributed by atoms with Gasteiger partial charge in [-0.1, -0.05) is 107 Å². The van der Waals surface area contributed by atoms with Gasteiger partial charge in [-0.2, -0.15) is 0 Å². The predicted octanol–water partition coefficient (Wildman–Crippen LogP) is 11.1. The molecule has 0 spiro atoms. The molecule has 2 heterocycles. The van der Waals surface area contributed by atoms with Crippen molar-refractivity contribution in [1.82, 2.24) is 9.55 Å². The highest BCUT2D eigenvalue weighted by Gasteiger charge is 2.38. The normalized spacial score (nSPS) is 15.5. The monoisotopic (exact) mass is 576 g/mol. The Bertz CT molecular complexity index is 2470. The maximum absolute atomic E-state index is 4.94. The average molecular weight is 577 g/mol. The Morgan fingerprint density at radius 2 is 1.04 bits per heavy atom. The molecule has 0 bridgehead atoms. The molecule has 0 radical (unpaired) electrons. The Morgan fingerprint density at radius 3 is 1.67 bits per heavy atom. The number of rotatable bonds is 1. The predicted molar refractivity (Wildman–Crippen MR) is 189 cm³/mol. The molecule has 2 heteroatoms. The van der Waals surface area contributed by atoms with Gasteiger partial charge in [-0.05, 0) is 86.3 Å². The molecule has 0 unspecified atom stereocenters. The Hall–Kier alpha value is -5.21. The first-order chi connectivity index (χ1) is 21.8. The van der Waals surface area contributed by atoms with Crippen LogP contribution in [0.1, 0.15) is 49.9 Å². The van der Waals surface area contributed by atoms with Crippen LogP contribution in [-0.4, -0.2) is 9.55 Å². The molecule has 214 valence electrons. The maximum Gasteiger partial charge on any atom is 0.0801 e. The molecule has 6 aromatic carbocycles. The van der Waals surface area contributed by atoms with Gasteiger partial charge in [-0.3, -0.25) is 4.98 Å². The quantitative estimate of drug-likeness (QED) is 0.178. The number of pyridine rings is 1. The number of nitrogens with zero attached hydrogens (tertiary/aromatic N) is 2. The average Bonchev–Trinajstić information content (AvgIpc) is 3.59. The Morgan fingerprint density at radius 1 is 0.489 bits per heavy atom. The SMILES string of the molecule is CC1(C)c2ccccc2-c2cc3c4cc5c(cc4n(-c4cccc6ccc7cccnc7c46)c3cc21)C(C)(C)c1ccccc1-5. The van der Waals surface area contributed by atoms with Gasteiger partial charge in [-0.15, -0.1) is 0 Å². The van der Waals surface area contributed by atoms with Crippen molar-refractivity contribution in [2.45, 2.75) is 38.5 Å². The Balaban J connectivity index is 1.41. The van der Waals surface area contributed by atoms with Crippen molar-refractivity contribution in [2.24, 2.45) is 0 Å². The van der Waals surface area contributed by atoms with E-state index in [1.54, 1.807) is 0 Å². The molecule has 0 aliphatic heterocycles. The van der Waals surface area contributed by atoms with Gasteiger partial charge in [0.2, 0.25) is 0 Å². The van der Waals surface area contributed by atoms with Crippen LogP contribution < -0.4 is 0 Å². The van der Waals surface area contributed by atoms with Gasteiger partial charge in [0.05, 0.1) is 22.2 Å². The molecule has 2 aliphatic carbocycles. The van der Waals surface area contributed by atoms with Crippen LogP contribution in [0.15, 0.2) is 121 Å². The molecule has 0 amide bonds. The molecule has 0 fully saturated rings. The summed E-state index contributed by atoms with van der Waals surface area (Å²) in [5.74, 6) is 0. The van der Waals surface area contributed by atoms with Crippen LogP contribution in [0.3, 0.4) is 0 Å². The van der Waals surface area contributed by atoms with Crippen molar-refractivity contribution < 1.29 is 0 Å². The Labute approximate surface area is 262 Å². The third-order valence-corrected chi connectivity index (χ3v) is 11.0. The summed E-state index contributed by atoms with van der Waals surface area (Å²) in [6.07, 6.45) is 1.92. The van der Waals surface area contributed by atoms with Gasteiger partial charge >= 0.3 is 0 Å². The minimum Gasteiger partial charge on any atom is -0.309 e. The zero-order valence-electron chi connectivity index (χ0n) is 25.9. The van der Waals surface area contributed by atoms with Gasteiger partial charge in [0.15, 0.2) is 0 Å². The standard InChI is InChI=1S/C43H32N2/c1-42(2)33-15-7-5-13-27(33)29-21-31-32-22-30-28-14-6-8-16-34(28)43(3,4)36(30)24-39(32)45(38(31)23-35(29)42)37-17-9-11-25-18-19-26-12-10-20-44-41(26)40(25)37/h5-24H,1-4H3. The minimum absolute atomic E-state index is 0.0862. The fourth-order valence-corrected chi connectivity index (χ4v) is 8.74. The lowest BCUT2D eigenvalue weighted by Crippen LogP contribution is -2.15. The first-order valence-corrected chi connectivity index (χ1v) is 16.0. The summed E-state index contributed by atoms with van der Waals surface area (Å²) in [5, 5.41) is 6.16. The van der Waals surface area contributed by atoms with Crippen LogP contribution >= 0.6 is 0 Å². The van der Waals surface area contributed by atoms with Crippen LogP contribution in [0.25, 0.3) is 71.4 Å². The third kappa shape index (κ3) is 3.07. The lowest BCUT2D eigenvalue weighted by Gasteiger charge is -2.22. The second kappa shape index (κ2) is 8.28. The fraction of sp³-hybridized carbons (Fsp3) is 0.140. The van der Waals surface area contributed by atoms with Gasteiger partial charge < -0.3 is 4.57 Å². The molecule has 2 aliphatic rings. The molecule has 0 saturated heterocycles. The van der Waals surface area contributed by atoms with Crippen molar-refractivity contribution in [3.8, 4) is 27.9 Å². The van der Waals surface area contributed by atoms with Crippen LogP contribution in [0.5, 0.6) is 0 Å². The summed E-state index contributed by atoms with van der Waals surface area (Å²) in [6.45, 7) is 9.50. The lowest BCUT2D eigenvalue weighted by atomic mass is 9.82. The number of aromatic nitrogens is 2. The van der Waals surface area contributed by atoms with Crippen LogP contribution in [0.2, 0.25) is 0 Å². The third-order valence-electron chi connectivity index (χ3n) is 11.0. The van der Waals surface area contributed by atoms with E-state index in [0.717, 1.165) is 10.9 Å². The van der Waals surface area contributed by atoms with Crippen molar-refractivity contribution in [3.63, 3.8) is 0 Å². The zero-order chi connectivity index (χ0) is 30.2. The van der Waals surface area contributed by atoms with E-state index in [1.807, 2.05) is 12.3 Å². The van der Waals surface area contributed by atoms with E-state index >= 15 is 0 Å². The lowest BCUT2D eigenvalue weighted by molar-refractivity contribution is 0.661. The number of benzene rings is 6. The number of fused-ring (bicyclic) bond motifs is 12. The number of hydrogen-bond acceptors (Lipinski definition) is 1. The molecule has 0 atom stereocenters.